The Kier molecular flexibility index (Phi) is 5.42. The third kappa shape index (κ3) is 3.61. The predicted octanol–water partition coefficient (Wildman–Crippen LogP) is 2.99. The zero-order valence-corrected chi connectivity index (χ0v) is 12.3. The number of nitriles is 1. The van der Waals surface area contributed by atoms with Crippen LogP contribution in [0, 0.1) is 18.3 Å². The van der Waals surface area contributed by atoms with Crippen molar-refractivity contribution in [3.05, 3.63) is 17.5 Å². The molecule has 0 aromatic carbocycles. The summed E-state index contributed by atoms with van der Waals surface area (Å²) < 4.78 is 0.208. The van der Waals surface area contributed by atoms with Crippen molar-refractivity contribution in [1.82, 2.24) is 9.97 Å². The summed E-state index contributed by atoms with van der Waals surface area (Å²) in [5.74, 6) is 0.548. The molecule has 1 aromatic rings. The van der Waals surface area contributed by atoms with E-state index in [1.807, 2.05) is 18.7 Å². The van der Waals surface area contributed by atoms with Gasteiger partial charge >= 0.3 is 0 Å². The van der Waals surface area contributed by atoms with Crippen LogP contribution >= 0.6 is 11.8 Å². The van der Waals surface area contributed by atoms with Crippen molar-refractivity contribution < 1.29 is 0 Å². The summed E-state index contributed by atoms with van der Waals surface area (Å²) >= 11 is 1.87. The van der Waals surface area contributed by atoms with Crippen LogP contribution in [0.1, 0.15) is 38.1 Å². The maximum absolute atomic E-state index is 8.88. The summed E-state index contributed by atoms with van der Waals surface area (Å²) in [5.41, 5.74) is 1.22. The molecule has 0 aliphatic heterocycles. The minimum atomic E-state index is 0.208. The average Bonchev–Trinajstić information content (AvgIpc) is 2.40. The molecule has 4 nitrogen and oxygen atoms in total. The van der Waals surface area contributed by atoms with Crippen LogP contribution in [-0.4, -0.2) is 27.5 Å². The fourth-order valence-electron chi connectivity index (χ4n) is 1.81. The van der Waals surface area contributed by atoms with E-state index in [0.717, 1.165) is 25.1 Å². The molecule has 0 atom stereocenters. The predicted molar refractivity (Wildman–Crippen MR) is 76.8 cm³/mol. The van der Waals surface area contributed by atoms with E-state index in [1.165, 1.54) is 0 Å². The number of rotatable bonds is 6. The Bertz CT molecular complexity index is 427. The van der Waals surface area contributed by atoms with Crippen LogP contribution in [0.3, 0.4) is 0 Å². The Morgan fingerprint density at radius 1 is 1.39 bits per heavy atom. The van der Waals surface area contributed by atoms with Crippen molar-refractivity contribution in [2.45, 2.75) is 38.4 Å². The Balaban J connectivity index is 2.80. The molecule has 1 aromatic heterocycles. The average molecular weight is 264 g/mol. The molecule has 0 fully saturated rings. The first-order valence-electron chi connectivity index (χ1n) is 6.14. The molecule has 1 N–H and O–H groups in total. The molecule has 0 amide bonds. The lowest BCUT2D eigenvalue weighted by atomic mass is 10.0. The molecule has 1 heterocycles. The zero-order valence-electron chi connectivity index (χ0n) is 11.4. The van der Waals surface area contributed by atoms with E-state index in [1.54, 1.807) is 6.07 Å². The first kappa shape index (κ1) is 14.8. The van der Waals surface area contributed by atoms with Gasteiger partial charge in [0.05, 0.1) is 0 Å². The number of hydrogen-bond donors (Lipinski definition) is 1. The highest BCUT2D eigenvalue weighted by Gasteiger charge is 2.24. The number of hydrogen-bond acceptors (Lipinski definition) is 5. The number of nitrogens with one attached hydrogen (secondary N) is 1. The smallest absolute Gasteiger partial charge is 0.224 e. The lowest BCUT2D eigenvalue weighted by Gasteiger charge is -2.29. The molecule has 0 spiro atoms. The van der Waals surface area contributed by atoms with Crippen molar-refractivity contribution in [1.29, 1.82) is 5.26 Å². The van der Waals surface area contributed by atoms with Gasteiger partial charge in [-0.2, -0.15) is 17.0 Å². The number of nitrogens with zero attached hydrogens (tertiary/aromatic N) is 3. The highest BCUT2D eigenvalue weighted by atomic mass is 32.2. The molecule has 0 saturated heterocycles. The molecule has 0 saturated carbocycles. The fourth-order valence-corrected chi connectivity index (χ4v) is 2.60. The highest BCUT2D eigenvalue weighted by Crippen LogP contribution is 2.30. The summed E-state index contributed by atoms with van der Waals surface area (Å²) in [4.78, 5) is 8.47. The van der Waals surface area contributed by atoms with Crippen LogP contribution in [0.2, 0.25) is 0 Å². The van der Waals surface area contributed by atoms with Crippen molar-refractivity contribution in [3.63, 3.8) is 0 Å². The lowest BCUT2D eigenvalue weighted by molar-refractivity contribution is 0.573. The molecule has 0 unspecified atom stereocenters. The summed E-state index contributed by atoms with van der Waals surface area (Å²) in [6.45, 7) is 7.07. The van der Waals surface area contributed by atoms with Gasteiger partial charge in [-0.25, -0.2) is 9.97 Å². The maximum atomic E-state index is 8.88. The van der Waals surface area contributed by atoms with E-state index in [-0.39, 0.29) is 4.75 Å². The Morgan fingerprint density at radius 3 is 2.56 bits per heavy atom. The van der Waals surface area contributed by atoms with Gasteiger partial charge < -0.3 is 5.32 Å². The number of thioether (sulfide) groups is 1. The fraction of sp³-hybridized carbons (Fsp3) is 0.615. The molecule has 0 aliphatic rings. The minimum Gasteiger partial charge on any atom is -0.353 e. The first-order valence-corrected chi connectivity index (χ1v) is 7.36. The standard InChI is InChI=1S/C13H20N4S/c1-5-13(6-2,18-4)9-15-12-16-10(3)7-11(8-14)17-12/h7H,5-6,9H2,1-4H3,(H,15,16,17). The Hall–Kier alpha value is -1.28. The van der Waals surface area contributed by atoms with E-state index in [9.17, 15) is 0 Å². The first-order chi connectivity index (χ1) is 8.59. The van der Waals surface area contributed by atoms with E-state index in [2.05, 4.69) is 41.5 Å². The summed E-state index contributed by atoms with van der Waals surface area (Å²) in [7, 11) is 0. The lowest BCUT2D eigenvalue weighted by Crippen LogP contribution is -2.32. The van der Waals surface area contributed by atoms with Gasteiger partial charge in [0.15, 0.2) is 0 Å². The van der Waals surface area contributed by atoms with Gasteiger partial charge in [0.25, 0.3) is 0 Å². The molecule has 18 heavy (non-hydrogen) atoms. The third-order valence-electron chi connectivity index (χ3n) is 3.26. The van der Waals surface area contributed by atoms with Crippen LogP contribution in [0.15, 0.2) is 6.07 Å². The van der Waals surface area contributed by atoms with Gasteiger partial charge in [-0.1, -0.05) is 13.8 Å². The number of anilines is 1. The normalized spacial score (nSPS) is 11.1. The molecular formula is C13H20N4S. The van der Waals surface area contributed by atoms with Gasteiger partial charge in [0.2, 0.25) is 5.95 Å². The van der Waals surface area contributed by atoms with Gasteiger partial charge in [0.1, 0.15) is 11.8 Å². The van der Waals surface area contributed by atoms with Gasteiger partial charge in [-0.15, -0.1) is 0 Å². The van der Waals surface area contributed by atoms with Crippen LogP contribution in [0.5, 0.6) is 0 Å². The van der Waals surface area contributed by atoms with Crippen molar-refractivity contribution in [3.8, 4) is 6.07 Å². The highest BCUT2D eigenvalue weighted by molar-refractivity contribution is 8.00. The molecular weight excluding hydrogens is 244 g/mol. The second-order valence-corrected chi connectivity index (χ2v) is 5.55. The van der Waals surface area contributed by atoms with Gasteiger partial charge in [-0.3, -0.25) is 0 Å². The number of aryl methyl sites for hydroxylation is 1. The zero-order chi connectivity index (χ0) is 13.6. The van der Waals surface area contributed by atoms with Gasteiger partial charge in [0, 0.05) is 17.0 Å². The quantitative estimate of drug-likeness (QED) is 0.855. The van der Waals surface area contributed by atoms with Gasteiger partial charge in [-0.05, 0) is 32.1 Å². The molecule has 1 rings (SSSR count). The number of aromatic nitrogens is 2. The van der Waals surface area contributed by atoms with Crippen molar-refractivity contribution in [2.75, 3.05) is 18.1 Å². The molecule has 0 aliphatic carbocycles. The summed E-state index contributed by atoms with van der Waals surface area (Å²) in [5, 5.41) is 12.1. The third-order valence-corrected chi connectivity index (χ3v) is 4.85. The summed E-state index contributed by atoms with van der Waals surface area (Å²) in [6, 6.07) is 3.74. The van der Waals surface area contributed by atoms with E-state index in [0.29, 0.717) is 11.6 Å². The maximum Gasteiger partial charge on any atom is 0.224 e. The second-order valence-electron chi connectivity index (χ2n) is 4.28. The molecule has 0 radical (unpaired) electrons. The molecule has 0 bridgehead atoms. The molecule has 98 valence electrons. The Morgan fingerprint density at radius 2 is 2.06 bits per heavy atom. The van der Waals surface area contributed by atoms with E-state index in [4.69, 9.17) is 5.26 Å². The van der Waals surface area contributed by atoms with Crippen LogP contribution < -0.4 is 5.32 Å². The minimum absolute atomic E-state index is 0.208. The van der Waals surface area contributed by atoms with E-state index >= 15 is 0 Å². The monoisotopic (exact) mass is 264 g/mol. The van der Waals surface area contributed by atoms with Crippen LogP contribution in [0.4, 0.5) is 5.95 Å². The topological polar surface area (TPSA) is 61.6 Å². The summed E-state index contributed by atoms with van der Waals surface area (Å²) in [6.07, 6.45) is 4.32. The van der Waals surface area contributed by atoms with E-state index < -0.39 is 0 Å². The largest absolute Gasteiger partial charge is 0.353 e. The Labute approximate surface area is 113 Å². The van der Waals surface area contributed by atoms with Crippen molar-refractivity contribution >= 4 is 17.7 Å². The molecule has 5 heteroatoms. The van der Waals surface area contributed by atoms with Crippen molar-refractivity contribution in [2.24, 2.45) is 0 Å². The van der Waals surface area contributed by atoms with Crippen LogP contribution in [-0.2, 0) is 0 Å². The SMILES string of the molecule is CCC(CC)(CNc1nc(C)cc(C#N)n1)SC. The second kappa shape index (κ2) is 6.60. The van der Waals surface area contributed by atoms with Crippen LogP contribution in [0.25, 0.3) is 0 Å².